The Morgan fingerprint density at radius 1 is 1.26 bits per heavy atom. The van der Waals surface area contributed by atoms with Gasteiger partial charge in [0.25, 0.3) is 5.91 Å². The second-order valence-electron chi connectivity index (χ2n) is 6.21. The second kappa shape index (κ2) is 9.92. The van der Waals surface area contributed by atoms with Gasteiger partial charge < -0.3 is 9.47 Å². The van der Waals surface area contributed by atoms with E-state index in [2.05, 4.69) is 15.6 Å². The van der Waals surface area contributed by atoms with Crippen molar-refractivity contribution in [2.75, 3.05) is 20.8 Å². The molecule has 0 N–H and O–H groups in total. The van der Waals surface area contributed by atoms with Gasteiger partial charge in [0.05, 0.1) is 33.3 Å². The number of thioether (sulfide) groups is 1. The molecule has 2 aromatic rings. The minimum Gasteiger partial charge on any atom is -0.478 e. The van der Waals surface area contributed by atoms with Crippen molar-refractivity contribution in [2.24, 2.45) is 4.99 Å². The van der Waals surface area contributed by atoms with Gasteiger partial charge in [-0.25, -0.2) is 9.79 Å². The van der Waals surface area contributed by atoms with Gasteiger partial charge in [0.15, 0.2) is 10.9 Å². The molecule has 6 nitrogen and oxygen atoms in total. The highest BCUT2D eigenvalue weighted by Gasteiger charge is 2.30. The Kier molecular flexibility index (Phi) is 7.29. The number of nitrogens with zero attached hydrogens (tertiary/aromatic N) is 2. The summed E-state index contributed by atoms with van der Waals surface area (Å²) in [4.78, 5) is 30.6. The molecule has 0 aromatic heterocycles. The number of amidine groups is 1. The highest BCUT2D eigenvalue weighted by Crippen LogP contribution is 2.37. The molecule has 158 valence electrons. The summed E-state index contributed by atoms with van der Waals surface area (Å²) in [6, 6.07) is 9.85. The fourth-order valence-electron chi connectivity index (χ4n) is 2.62. The summed E-state index contributed by atoms with van der Waals surface area (Å²) in [6.07, 6.45) is 6.87. The van der Waals surface area contributed by atoms with E-state index in [9.17, 15) is 9.59 Å². The van der Waals surface area contributed by atoms with Crippen molar-refractivity contribution in [1.82, 2.24) is 4.90 Å². The average Bonchev–Trinajstić information content (AvgIpc) is 3.01. The molecule has 1 amide bonds. The number of esters is 1. The van der Waals surface area contributed by atoms with E-state index in [-0.39, 0.29) is 22.6 Å². The van der Waals surface area contributed by atoms with Crippen LogP contribution in [-0.4, -0.2) is 42.7 Å². The Bertz CT molecular complexity index is 1110. The Hall–Kier alpha value is -2.92. The molecule has 31 heavy (non-hydrogen) atoms. The quantitative estimate of drug-likeness (QED) is 0.345. The molecule has 0 aliphatic carbocycles. The fourth-order valence-corrected chi connectivity index (χ4v) is 4.22. The first-order valence-electron chi connectivity index (χ1n) is 8.84. The molecule has 0 saturated carbocycles. The van der Waals surface area contributed by atoms with Crippen molar-refractivity contribution in [3.05, 3.63) is 62.5 Å². The van der Waals surface area contributed by atoms with Gasteiger partial charge in [-0.3, -0.25) is 9.69 Å². The molecule has 0 spiro atoms. The van der Waals surface area contributed by atoms with Crippen LogP contribution in [0.1, 0.15) is 15.9 Å². The van der Waals surface area contributed by atoms with Crippen LogP contribution in [0.2, 0.25) is 10.0 Å². The summed E-state index contributed by atoms with van der Waals surface area (Å²) in [6.45, 7) is 0.0411. The van der Waals surface area contributed by atoms with E-state index >= 15 is 0 Å². The maximum atomic E-state index is 12.7. The number of terminal acetylenes is 1. The fraction of sp³-hybridized carbons (Fsp3) is 0.136. The van der Waals surface area contributed by atoms with Gasteiger partial charge in [-0.1, -0.05) is 29.1 Å². The molecular weight excluding hydrogens is 459 g/mol. The number of likely N-dealkylation sites (N-methyl/N-ethyl adjacent to an activating group) is 1. The number of rotatable bonds is 5. The van der Waals surface area contributed by atoms with E-state index in [1.807, 2.05) is 0 Å². The topological polar surface area (TPSA) is 68.2 Å². The van der Waals surface area contributed by atoms with Crippen LogP contribution < -0.4 is 4.74 Å². The lowest BCUT2D eigenvalue weighted by atomic mass is 10.2. The normalized spacial score (nSPS) is 16.0. The number of halogens is 2. The second-order valence-corrected chi connectivity index (χ2v) is 8.04. The number of benzene rings is 2. The molecule has 0 unspecified atom stereocenters. The van der Waals surface area contributed by atoms with E-state index in [1.165, 1.54) is 23.8 Å². The van der Waals surface area contributed by atoms with Crippen LogP contribution >= 0.6 is 35.0 Å². The van der Waals surface area contributed by atoms with Gasteiger partial charge in [0.1, 0.15) is 6.61 Å². The van der Waals surface area contributed by atoms with E-state index < -0.39 is 5.97 Å². The van der Waals surface area contributed by atoms with E-state index in [4.69, 9.17) is 34.4 Å². The number of carbonyl (C=O) groups excluding carboxylic acids is 2. The summed E-state index contributed by atoms with van der Waals surface area (Å²) >= 11 is 13.7. The number of hydrogen-bond acceptors (Lipinski definition) is 6. The van der Waals surface area contributed by atoms with E-state index in [0.717, 1.165) is 0 Å². The Morgan fingerprint density at radius 2 is 1.90 bits per heavy atom. The van der Waals surface area contributed by atoms with Gasteiger partial charge in [-0.2, -0.15) is 0 Å². The minimum absolute atomic E-state index is 0.0411. The number of ether oxygens (including phenoxy) is 2. The zero-order valence-corrected chi connectivity index (χ0v) is 18.8. The lowest BCUT2D eigenvalue weighted by Gasteiger charge is -2.08. The van der Waals surface area contributed by atoms with Gasteiger partial charge >= 0.3 is 5.97 Å². The first-order valence-corrected chi connectivity index (χ1v) is 10.4. The summed E-state index contributed by atoms with van der Waals surface area (Å²) in [7, 11) is 2.95. The molecule has 1 saturated heterocycles. The zero-order chi connectivity index (χ0) is 22.5. The molecular formula is C22H16Cl2N2O4S. The smallest absolute Gasteiger partial charge is 0.337 e. The van der Waals surface area contributed by atoms with Gasteiger partial charge in [-0.05, 0) is 59.8 Å². The zero-order valence-electron chi connectivity index (χ0n) is 16.5. The molecule has 1 aliphatic heterocycles. The molecule has 0 bridgehead atoms. The largest absolute Gasteiger partial charge is 0.478 e. The molecule has 3 rings (SSSR count). The SMILES string of the molecule is C#CCOc1c(Cl)cc(C=C2SC(=Nc3ccc(C(=O)OC)cc3)N(C)C2=O)cc1Cl. The molecule has 9 heteroatoms. The van der Waals surface area contributed by atoms with Crippen molar-refractivity contribution in [1.29, 1.82) is 0 Å². The van der Waals surface area contributed by atoms with Crippen molar-refractivity contribution in [3.8, 4) is 18.1 Å². The highest BCUT2D eigenvalue weighted by molar-refractivity contribution is 8.18. The molecule has 1 fully saturated rings. The number of methoxy groups -OCH3 is 1. The Morgan fingerprint density at radius 3 is 2.48 bits per heavy atom. The summed E-state index contributed by atoms with van der Waals surface area (Å²) in [5, 5.41) is 1.07. The molecule has 2 aromatic carbocycles. The summed E-state index contributed by atoms with van der Waals surface area (Å²) in [5.74, 6) is 2.00. The predicted octanol–water partition coefficient (Wildman–Crippen LogP) is 5.03. The lowest BCUT2D eigenvalue weighted by Crippen LogP contribution is -2.23. The van der Waals surface area contributed by atoms with Gasteiger partial charge in [0, 0.05) is 7.05 Å². The number of amides is 1. The third kappa shape index (κ3) is 5.23. The van der Waals surface area contributed by atoms with Crippen LogP contribution in [0.25, 0.3) is 6.08 Å². The van der Waals surface area contributed by atoms with Crippen LogP contribution in [0, 0.1) is 12.3 Å². The first kappa shape index (κ1) is 22.8. The number of hydrogen-bond donors (Lipinski definition) is 0. The maximum Gasteiger partial charge on any atom is 0.337 e. The standard InChI is InChI=1S/C22H16Cl2N2O4S/c1-4-9-30-19-16(23)10-13(11-17(19)24)12-18-20(27)26(2)22(31-18)25-15-7-5-14(6-8-15)21(28)29-3/h1,5-8,10-12H,9H2,2-3H3. The number of aliphatic imine (C=N–C) groups is 1. The van der Waals surface area contributed by atoms with Crippen LogP contribution in [0.15, 0.2) is 46.3 Å². The minimum atomic E-state index is -0.431. The van der Waals surface area contributed by atoms with Crippen molar-refractivity contribution < 1.29 is 19.1 Å². The van der Waals surface area contributed by atoms with Crippen molar-refractivity contribution in [2.45, 2.75) is 0 Å². The van der Waals surface area contributed by atoms with Gasteiger partial charge in [-0.15, -0.1) is 6.42 Å². The monoisotopic (exact) mass is 474 g/mol. The van der Waals surface area contributed by atoms with E-state index in [0.29, 0.717) is 32.6 Å². The van der Waals surface area contributed by atoms with Crippen molar-refractivity contribution in [3.63, 3.8) is 0 Å². The van der Waals surface area contributed by atoms with Crippen molar-refractivity contribution >= 4 is 63.8 Å². The maximum absolute atomic E-state index is 12.7. The molecule has 0 atom stereocenters. The summed E-state index contributed by atoms with van der Waals surface area (Å²) < 4.78 is 10.0. The van der Waals surface area contributed by atoms with Crippen LogP contribution in [0.5, 0.6) is 5.75 Å². The summed E-state index contributed by atoms with van der Waals surface area (Å²) in [5.41, 5.74) is 1.65. The van der Waals surface area contributed by atoms with Crippen LogP contribution in [-0.2, 0) is 9.53 Å². The first-order chi connectivity index (χ1) is 14.8. The highest BCUT2D eigenvalue weighted by atomic mass is 35.5. The Labute approximate surface area is 193 Å². The van der Waals surface area contributed by atoms with Crippen LogP contribution in [0.4, 0.5) is 5.69 Å². The Balaban J connectivity index is 1.84. The van der Waals surface area contributed by atoms with E-state index in [1.54, 1.807) is 49.5 Å². The number of carbonyl (C=O) groups is 2. The molecule has 1 aliphatic rings. The van der Waals surface area contributed by atoms with Gasteiger partial charge in [0.2, 0.25) is 0 Å². The third-order valence-electron chi connectivity index (χ3n) is 4.13. The third-order valence-corrected chi connectivity index (χ3v) is 5.76. The molecule has 0 radical (unpaired) electrons. The average molecular weight is 475 g/mol. The predicted molar refractivity (Wildman–Crippen MR) is 124 cm³/mol. The molecule has 1 heterocycles. The lowest BCUT2D eigenvalue weighted by molar-refractivity contribution is -0.121. The van der Waals surface area contributed by atoms with Crippen LogP contribution in [0.3, 0.4) is 0 Å².